The van der Waals surface area contributed by atoms with Crippen LogP contribution >= 0.6 is 34.5 Å². The van der Waals surface area contributed by atoms with Gasteiger partial charge in [-0.3, -0.25) is 0 Å². The van der Waals surface area contributed by atoms with Crippen molar-refractivity contribution in [2.75, 3.05) is 7.05 Å². The fourth-order valence-corrected chi connectivity index (χ4v) is 4.47. The van der Waals surface area contributed by atoms with Crippen LogP contribution in [0.15, 0.2) is 40.6 Å². The van der Waals surface area contributed by atoms with Gasteiger partial charge in [0, 0.05) is 28.9 Å². The van der Waals surface area contributed by atoms with Crippen LogP contribution in [0.2, 0.25) is 5.02 Å². The summed E-state index contributed by atoms with van der Waals surface area (Å²) in [5.41, 5.74) is 0.844. The lowest BCUT2D eigenvalue weighted by atomic mass is 10.2. The molecule has 2 aromatic rings. The van der Waals surface area contributed by atoms with E-state index in [2.05, 4.69) is 0 Å². The molecule has 108 valence electrons. The summed E-state index contributed by atoms with van der Waals surface area (Å²) in [6, 6.07) is 8.77. The average molecular weight is 350 g/mol. The summed E-state index contributed by atoms with van der Waals surface area (Å²) >= 11 is 12.9. The van der Waals surface area contributed by atoms with Gasteiger partial charge in [-0.2, -0.15) is 4.31 Å². The first-order valence-corrected chi connectivity index (χ1v) is 9.01. The van der Waals surface area contributed by atoms with Crippen LogP contribution in [0.3, 0.4) is 0 Å². The highest BCUT2D eigenvalue weighted by Crippen LogP contribution is 2.24. The number of benzene rings is 1. The Bertz CT molecular complexity index is 698. The summed E-state index contributed by atoms with van der Waals surface area (Å²) in [6.07, 6.45) is 0. The molecule has 1 aromatic heterocycles. The zero-order valence-electron chi connectivity index (χ0n) is 10.7. The van der Waals surface area contributed by atoms with Crippen LogP contribution in [0.4, 0.5) is 0 Å². The van der Waals surface area contributed by atoms with E-state index in [1.165, 1.54) is 15.6 Å². The molecule has 0 unspecified atom stereocenters. The predicted molar refractivity (Wildman–Crippen MR) is 84.0 cm³/mol. The zero-order chi connectivity index (χ0) is 14.8. The van der Waals surface area contributed by atoms with Gasteiger partial charge in [0.15, 0.2) is 0 Å². The highest BCUT2D eigenvalue weighted by Gasteiger charge is 2.22. The standard InChI is InChI=1S/C13H13Cl2NO2S2/c1-16(8-10-3-2-4-11(15)5-10)20(17,18)13-6-12(7-14)19-9-13/h2-6,9H,7-8H2,1H3. The molecule has 0 aliphatic carbocycles. The second kappa shape index (κ2) is 6.45. The Hall–Kier alpha value is -0.590. The third-order valence-corrected chi connectivity index (χ3v) is 6.31. The molecule has 1 aromatic carbocycles. The first-order chi connectivity index (χ1) is 9.43. The SMILES string of the molecule is CN(Cc1cccc(Cl)c1)S(=O)(=O)c1csc(CCl)c1. The first kappa shape index (κ1) is 15.8. The molecule has 0 N–H and O–H groups in total. The number of sulfonamides is 1. The van der Waals surface area contributed by atoms with Crippen molar-refractivity contribution in [3.8, 4) is 0 Å². The molecule has 0 aliphatic heterocycles. The molecule has 0 aliphatic rings. The van der Waals surface area contributed by atoms with Gasteiger partial charge in [-0.25, -0.2) is 8.42 Å². The van der Waals surface area contributed by atoms with E-state index in [0.29, 0.717) is 10.9 Å². The van der Waals surface area contributed by atoms with Crippen LogP contribution in [-0.4, -0.2) is 19.8 Å². The van der Waals surface area contributed by atoms with Crippen LogP contribution in [0.5, 0.6) is 0 Å². The molecule has 0 saturated carbocycles. The minimum atomic E-state index is -3.50. The Morgan fingerprint density at radius 2 is 2.05 bits per heavy atom. The number of thiophene rings is 1. The molecule has 0 saturated heterocycles. The monoisotopic (exact) mass is 349 g/mol. The van der Waals surface area contributed by atoms with Crippen LogP contribution in [0.25, 0.3) is 0 Å². The third-order valence-electron chi connectivity index (χ3n) is 2.76. The molecule has 1 heterocycles. The van der Waals surface area contributed by atoms with E-state index in [-0.39, 0.29) is 11.4 Å². The van der Waals surface area contributed by atoms with Crippen molar-refractivity contribution in [2.24, 2.45) is 0 Å². The summed E-state index contributed by atoms with van der Waals surface area (Å²) in [4.78, 5) is 1.11. The van der Waals surface area contributed by atoms with Crippen LogP contribution in [-0.2, 0) is 22.4 Å². The van der Waals surface area contributed by atoms with E-state index in [1.54, 1.807) is 36.7 Å². The fraction of sp³-hybridized carbons (Fsp3) is 0.231. The Balaban J connectivity index is 2.21. The van der Waals surface area contributed by atoms with Crippen molar-refractivity contribution in [3.05, 3.63) is 51.2 Å². The molecule has 20 heavy (non-hydrogen) atoms. The Kier molecular flexibility index (Phi) is 5.09. The van der Waals surface area contributed by atoms with Gasteiger partial charge in [0.05, 0.1) is 10.8 Å². The molecule has 7 heteroatoms. The number of alkyl halides is 1. The lowest BCUT2D eigenvalue weighted by Crippen LogP contribution is -2.26. The average Bonchev–Trinajstić information content (AvgIpc) is 2.88. The van der Waals surface area contributed by atoms with Crippen molar-refractivity contribution >= 4 is 44.6 Å². The number of hydrogen-bond acceptors (Lipinski definition) is 3. The highest BCUT2D eigenvalue weighted by atomic mass is 35.5. The van der Waals surface area contributed by atoms with Gasteiger partial charge < -0.3 is 0 Å². The first-order valence-electron chi connectivity index (χ1n) is 5.77. The topological polar surface area (TPSA) is 37.4 Å². The Morgan fingerprint density at radius 3 is 2.65 bits per heavy atom. The molecule has 0 fully saturated rings. The molecular formula is C13H13Cl2NO2S2. The lowest BCUT2D eigenvalue weighted by Gasteiger charge is -2.16. The van der Waals surface area contributed by atoms with Gasteiger partial charge in [-0.1, -0.05) is 23.7 Å². The second-order valence-electron chi connectivity index (χ2n) is 4.27. The Labute approximate surface area is 132 Å². The smallest absolute Gasteiger partial charge is 0.207 e. The van der Waals surface area contributed by atoms with Crippen LogP contribution < -0.4 is 0 Å². The van der Waals surface area contributed by atoms with Gasteiger partial charge in [0.25, 0.3) is 0 Å². The molecule has 3 nitrogen and oxygen atoms in total. The third kappa shape index (κ3) is 3.54. The lowest BCUT2D eigenvalue weighted by molar-refractivity contribution is 0.467. The van der Waals surface area contributed by atoms with E-state index >= 15 is 0 Å². The molecular weight excluding hydrogens is 337 g/mol. The van der Waals surface area contributed by atoms with E-state index in [1.807, 2.05) is 6.07 Å². The second-order valence-corrected chi connectivity index (χ2v) is 8.02. The fourth-order valence-electron chi connectivity index (χ4n) is 1.72. The van der Waals surface area contributed by atoms with Crippen molar-refractivity contribution in [1.82, 2.24) is 4.31 Å². The van der Waals surface area contributed by atoms with Gasteiger partial charge in [0.2, 0.25) is 10.0 Å². The molecule has 2 rings (SSSR count). The number of halogens is 2. The van der Waals surface area contributed by atoms with Crippen LogP contribution in [0, 0.1) is 0 Å². The number of hydrogen-bond donors (Lipinski definition) is 0. The Morgan fingerprint density at radius 1 is 1.30 bits per heavy atom. The molecule has 0 atom stereocenters. The van der Waals surface area contributed by atoms with Gasteiger partial charge in [-0.05, 0) is 23.8 Å². The minimum Gasteiger partial charge on any atom is -0.207 e. The van der Waals surface area contributed by atoms with E-state index in [9.17, 15) is 8.42 Å². The molecule has 0 amide bonds. The maximum atomic E-state index is 12.4. The maximum Gasteiger partial charge on any atom is 0.243 e. The molecule has 0 bridgehead atoms. The number of rotatable bonds is 5. The van der Waals surface area contributed by atoms with Crippen LogP contribution in [0.1, 0.15) is 10.4 Å². The van der Waals surface area contributed by atoms with Gasteiger partial charge >= 0.3 is 0 Å². The highest BCUT2D eigenvalue weighted by molar-refractivity contribution is 7.89. The molecule has 0 radical (unpaired) electrons. The predicted octanol–water partition coefficient (Wildman–Crippen LogP) is 3.96. The van der Waals surface area contributed by atoms with Gasteiger partial charge in [-0.15, -0.1) is 22.9 Å². The largest absolute Gasteiger partial charge is 0.243 e. The van der Waals surface area contributed by atoms with E-state index in [4.69, 9.17) is 23.2 Å². The maximum absolute atomic E-state index is 12.4. The molecule has 0 spiro atoms. The van der Waals surface area contributed by atoms with Gasteiger partial charge in [0.1, 0.15) is 0 Å². The summed E-state index contributed by atoms with van der Waals surface area (Å²) in [5, 5.41) is 2.20. The summed E-state index contributed by atoms with van der Waals surface area (Å²) < 4.78 is 26.1. The quantitative estimate of drug-likeness (QED) is 0.766. The van der Waals surface area contributed by atoms with E-state index in [0.717, 1.165) is 10.4 Å². The van der Waals surface area contributed by atoms with E-state index < -0.39 is 10.0 Å². The number of nitrogens with zero attached hydrogens (tertiary/aromatic N) is 1. The normalized spacial score (nSPS) is 12.0. The minimum absolute atomic E-state index is 0.273. The van der Waals surface area contributed by atoms with Crippen molar-refractivity contribution < 1.29 is 8.42 Å². The summed E-state index contributed by atoms with van der Waals surface area (Å²) in [5.74, 6) is 0.318. The van der Waals surface area contributed by atoms with Crippen molar-refractivity contribution in [1.29, 1.82) is 0 Å². The zero-order valence-corrected chi connectivity index (χ0v) is 13.9. The summed E-state index contributed by atoms with van der Waals surface area (Å²) in [7, 11) is -1.95. The van der Waals surface area contributed by atoms with Crippen molar-refractivity contribution in [3.63, 3.8) is 0 Å². The summed E-state index contributed by atoms with van der Waals surface area (Å²) in [6.45, 7) is 0.273. The van der Waals surface area contributed by atoms with Crippen molar-refractivity contribution in [2.45, 2.75) is 17.3 Å².